The van der Waals surface area contributed by atoms with E-state index in [0.29, 0.717) is 16.5 Å². The molecule has 0 radical (unpaired) electrons. The van der Waals surface area contributed by atoms with E-state index in [-0.39, 0.29) is 35.2 Å². The summed E-state index contributed by atoms with van der Waals surface area (Å²) in [5.74, 6) is -1.41. The van der Waals surface area contributed by atoms with Gasteiger partial charge < -0.3 is 14.8 Å². The summed E-state index contributed by atoms with van der Waals surface area (Å²) in [4.78, 5) is 41.8. The number of ether oxygens (including phenoxy) is 2. The van der Waals surface area contributed by atoms with Gasteiger partial charge in [-0.05, 0) is 37.3 Å². The number of carbonyl (C=O) groups excluding carboxylic acids is 1. The molecule has 5 aromatic rings. The van der Waals surface area contributed by atoms with Crippen LogP contribution in [0.1, 0.15) is 12.5 Å². The van der Waals surface area contributed by atoms with Gasteiger partial charge in [-0.3, -0.25) is 19.7 Å². The first kappa shape index (κ1) is 28.6. The molecule has 0 saturated heterocycles. The normalized spacial score (nSPS) is 11.0. The highest BCUT2D eigenvalue weighted by Gasteiger charge is 2.24. The van der Waals surface area contributed by atoms with E-state index in [0.717, 1.165) is 4.68 Å². The molecule has 43 heavy (non-hydrogen) atoms. The van der Waals surface area contributed by atoms with Crippen molar-refractivity contribution < 1.29 is 23.6 Å². The SMILES string of the molecule is CCOc1cc(C=Nn2c(-c3ccccc3)nc3ccccc3c2=O)cc([N+](=O)[O-])c1OCC(=O)Nc1ccccc1F. The van der Waals surface area contributed by atoms with Crippen LogP contribution in [0.2, 0.25) is 0 Å². The first-order valence-corrected chi connectivity index (χ1v) is 13.1. The molecule has 0 saturated carbocycles. The molecule has 4 aromatic carbocycles. The fraction of sp³-hybridized carbons (Fsp3) is 0.0968. The average molecular weight is 582 g/mol. The van der Waals surface area contributed by atoms with E-state index in [9.17, 15) is 24.1 Å². The molecule has 0 aliphatic heterocycles. The summed E-state index contributed by atoms with van der Waals surface area (Å²) in [5.41, 5.74) is 0.362. The van der Waals surface area contributed by atoms with Gasteiger partial charge in [0.25, 0.3) is 11.5 Å². The minimum absolute atomic E-state index is 0.0240. The van der Waals surface area contributed by atoms with Crippen molar-refractivity contribution in [3.05, 3.63) is 123 Å². The minimum Gasteiger partial charge on any atom is -0.490 e. The quantitative estimate of drug-likeness (QED) is 0.132. The van der Waals surface area contributed by atoms with Crippen LogP contribution >= 0.6 is 0 Å². The number of aromatic nitrogens is 2. The van der Waals surface area contributed by atoms with E-state index in [2.05, 4.69) is 15.4 Å². The van der Waals surface area contributed by atoms with Crippen LogP contribution in [0.25, 0.3) is 22.3 Å². The van der Waals surface area contributed by atoms with Crippen molar-refractivity contribution in [3.8, 4) is 22.9 Å². The number of halogens is 1. The fourth-order valence-electron chi connectivity index (χ4n) is 4.24. The molecule has 0 aliphatic rings. The van der Waals surface area contributed by atoms with Crippen molar-refractivity contribution in [2.75, 3.05) is 18.5 Å². The van der Waals surface area contributed by atoms with Crippen LogP contribution in [-0.2, 0) is 4.79 Å². The van der Waals surface area contributed by atoms with Crippen LogP contribution in [0.4, 0.5) is 15.8 Å². The summed E-state index contributed by atoms with van der Waals surface area (Å²) >= 11 is 0. The number of anilines is 1. The molecule has 216 valence electrons. The van der Waals surface area contributed by atoms with Crippen molar-refractivity contribution in [1.29, 1.82) is 0 Å². The fourth-order valence-corrected chi connectivity index (χ4v) is 4.24. The highest BCUT2D eigenvalue weighted by molar-refractivity contribution is 5.92. The lowest BCUT2D eigenvalue weighted by Gasteiger charge is -2.13. The third-order valence-electron chi connectivity index (χ3n) is 6.16. The molecule has 0 bridgehead atoms. The minimum atomic E-state index is -0.732. The summed E-state index contributed by atoms with van der Waals surface area (Å²) in [6.07, 6.45) is 1.27. The molecule has 0 aliphatic carbocycles. The maximum absolute atomic E-state index is 13.9. The Morgan fingerprint density at radius 2 is 1.77 bits per heavy atom. The smallest absolute Gasteiger partial charge is 0.315 e. The molecule has 5 rings (SSSR count). The van der Waals surface area contributed by atoms with Gasteiger partial charge in [-0.1, -0.05) is 54.6 Å². The van der Waals surface area contributed by atoms with Crippen LogP contribution in [0, 0.1) is 15.9 Å². The van der Waals surface area contributed by atoms with Crippen molar-refractivity contribution >= 4 is 34.4 Å². The maximum Gasteiger partial charge on any atom is 0.315 e. The predicted octanol–water partition coefficient (Wildman–Crippen LogP) is 5.41. The second kappa shape index (κ2) is 12.7. The molecule has 0 spiro atoms. The van der Waals surface area contributed by atoms with Crippen molar-refractivity contribution in [2.45, 2.75) is 6.92 Å². The van der Waals surface area contributed by atoms with Gasteiger partial charge in [-0.25, -0.2) is 9.37 Å². The molecule has 12 heteroatoms. The van der Waals surface area contributed by atoms with Crippen molar-refractivity contribution in [3.63, 3.8) is 0 Å². The first-order chi connectivity index (χ1) is 20.9. The van der Waals surface area contributed by atoms with Gasteiger partial charge in [-0.15, -0.1) is 0 Å². The lowest BCUT2D eigenvalue weighted by atomic mass is 10.1. The summed E-state index contributed by atoms with van der Waals surface area (Å²) in [5, 5.41) is 19.1. The van der Waals surface area contributed by atoms with Crippen LogP contribution in [0.5, 0.6) is 11.5 Å². The lowest BCUT2D eigenvalue weighted by Crippen LogP contribution is -2.21. The van der Waals surface area contributed by atoms with Gasteiger partial charge in [0.2, 0.25) is 5.75 Å². The topological polar surface area (TPSA) is 138 Å². The Labute approximate surface area is 244 Å². The zero-order valence-corrected chi connectivity index (χ0v) is 22.8. The molecule has 1 N–H and O–H groups in total. The van der Waals surface area contributed by atoms with Crippen molar-refractivity contribution in [1.82, 2.24) is 9.66 Å². The first-order valence-electron chi connectivity index (χ1n) is 13.1. The lowest BCUT2D eigenvalue weighted by molar-refractivity contribution is -0.385. The van der Waals surface area contributed by atoms with Crippen LogP contribution in [0.3, 0.4) is 0 Å². The van der Waals surface area contributed by atoms with Crippen LogP contribution in [-0.4, -0.2) is 39.9 Å². The van der Waals surface area contributed by atoms with Crippen molar-refractivity contribution in [2.24, 2.45) is 5.10 Å². The van der Waals surface area contributed by atoms with E-state index in [1.54, 1.807) is 61.5 Å². The highest BCUT2D eigenvalue weighted by atomic mass is 19.1. The largest absolute Gasteiger partial charge is 0.490 e. The zero-order valence-electron chi connectivity index (χ0n) is 22.8. The molecule has 0 unspecified atom stereocenters. The Morgan fingerprint density at radius 1 is 1.05 bits per heavy atom. The number of para-hydroxylation sites is 2. The predicted molar refractivity (Wildman–Crippen MR) is 159 cm³/mol. The molecular weight excluding hydrogens is 557 g/mol. The third-order valence-corrected chi connectivity index (χ3v) is 6.16. The molecular formula is C31H24FN5O6. The number of benzene rings is 4. The summed E-state index contributed by atoms with van der Waals surface area (Å²) in [6, 6.07) is 24.0. The van der Waals surface area contributed by atoms with Gasteiger partial charge in [0.15, 0.2) is 18.2 Å². The third kappa shape index (κ3) is 6.38. The Balaban J connectivity index is 1.51. The number of rotatable bonds is 10. The highest BCUT2D eigenvalue weighted by Crippen LogP contribution is 2.38. The average Bonchev–Trinajstić information content (AvgIpc) is 3.01. The number of nitro benzene ring substituents is 1. The van der Waals surface area contributed by atoms with Gasteiger partial charge in [0.05, 0.1) is 34.3 Å². The molecule has 11 nitrogen and oxygen atoms in total. The summed E-state index contributed by atoms with van der Waals surface area (Å²) in [7, 11) is 0. The molecule has 0 atom stereocenters. The second-order valence-corrected chi connectivity index (χ2v) is 9.05. The number of hydrogen-bond acceptors (Lipinski definition) is 8. The van der Waals surface area contributed by atoms with Gasteiger partial charge >= 0.3 is 5.69 Å². The summed E-state index contributed by atoms with van der Waals surface area (Å²) < 4.78 is 26.1. The molecule has 0 fully saturated rings. The maximum atomic E-state index is 13.9. The zero-order chi connectivity index (χ0) is 30.3. The van der Waals surface area contributed by atoms with E-state index >= 15 is 0 Å². The Kier molecular flexibility index (Phi) is 8.47. The standard InChI is InChI=1S/C31H24FN5O6/c1-2-42-27-17-20(16-26(37(40)41)29(27)43-19-28(38)34-25-15-9-7-13-23(25)32)18-33-36-30(21-10-4-3-5-11-21)35-24-14-8-6-12-22(24)31(36)39/h3-18H,2,19H2,1H3,(H,34,38). The number of nitro groups is 1. The van der Waals surface area contributed by atoms with E-state index in [1.807, 2.05) is 6.07 Å². The number of hydrogen-bond donors (Lipinski definition) is 1. The number of nitrogens with zero attached hydrogens (tertiary/aromatic N) is 4. The Morgan fingerprint density at radius 3 is 2.51 bits per heavy atom. The van der Waals surface area contributed by atoms with Gasteiger partial charge in [0, 0.05) is 17.2 Å². The number of amides is 1. The Hall–Kier alpha value is -5.91. The van der Waals surface area contributed by atoms with Crippen LogP contribution in [0.15, 0.2) is 101 Å². The molecule has 1 amide bonds. The number of carbonyl (C=O) groups is 1. The summed E-state index contributed by atoms with van der Waals surface area (Å²) in [6.45, 7) is 1.15. The van der Waals surface area contributed by atoms with E-state index in [1.165, 1.54) is 36.5 Å². The monoisotopic (exact) mass is 581 g/mol. The van der Waals surface area contributed by atoms with Crippen LogP contribution < -0.4 is 20.3 Å². The second-order valence-electron chi connectivity index (χ2n) is 9.05. The number of fused-ring (bicyclic) bond motifs is 1. The van der Waals surface area contributed by atoms with Gasteiger partial charge in [0.1, 0.15) is 5.82 Å². The molecule has 1 aromatic heterocycles. The number of nitrogens with one attached hydrogen (secondary N) is 1. The van der Waals surface area contributed by atoms with Gasteiger partial charge in [-0.2, -0.15) is 9.78 Å². The Bertz CT molecular complexity index is 1910. The van der Waals surface area contributed by atoms with E-state index < -0.39 is 34.5 Å². The van der Waals surface area contributed by atoms with E-state index in [4.69, 9.17) is 9.47 Å². The molecule has 1 heterocycles.